The van der Waals surface area contributed by atoms with Crippen molar-refractivity contribution in [3.63, 3.8) is 0 Å². The third-order valence-corrected chi connectivity index (χ3v) is 4.26. The first-order valence-corrected chi connectivity index (χ1v) is 6.41. The molecule has 0 aromatic carbocycles. The van der Waals surface area contributed by atoms with Crippen LogP contribution in [-0.2, 0) is 5.60 Å². The molecular weight excluding hydrogens is 200 g/mol. The summed E-state index contributed by atoms with van der Waals surface area (Å²) in [6, 6.07) is 1.89. The maximum absolute atomic E-state index is 10.7. The van der Waals surface area contributed by atoms with Crippen LogP contribution in [0.15, 0.2) is 23.0 Å². The Bertz CT molecular complexity index is 313. The minimum atomic E-state index is -0.728. The molecule has 2 heteroatoms. The van der Waals surface area contributed by atoms with E-state index in [1.807, 2.05) is 13.0 Å². The van der Waals surface area contributed by atoms with E-state index in [4.69, 9.17) is 4.42 Å². The lowest BCUT2D eigenvalue weighted by Gasteiger charge is -2.40. The maximum Gasteiger partial charge on any atom is 0.0963 e. The Morgan fingerprint density at radius 1 is 1.44 bits per heavy atom. The van der Waals surface area contributed by atoms with Crippen molar-refractivity contribution < 1.29 is 9.52 Å². The molecule has 1 aromatic rings. The van der Waals surface area contributed by atoms with Crippen molar-refractivity contribution >= 4 is 0 Å². The Morgan fingerprint density at radius 2 is 2.19 bits per heavy atom. The van der Waals surface area contributed by atoms with Crippen LogP contribution in [-0.4, -0.2) is 5.11 Å². The summed E-state index contributed by atoms with van der Waals surface area (Å²) < 4.78 is 5.10. The molecule has 1 aliphatic rings. The van der Waals surface area contributed by atoms with E-state index in [1.165, 1.54) is 25.7 Å². The van der Waals surface area contributed by atoms with Crippen molar-refractivity contribution in [3.05, 3.63) is 24.2 Å². The van der Waals surface area contributed by atoms with Gasteiger partial charge in [0.1, 0.15) is 0 Å². The van der Waals surface area contributed by atoms with Crippen molar-refractivity contribution in [1.82, 2.24) is 0 Å². The topological polar surface area (TPSA) is 33.4 Å². The molecule has 0 aliphatic heterocycles. The van der Waals surface area contributed by atoms with Gasteiger partial charge in [-0.05, 0) is 31.2 Å². The van der Waals surface area contributed by atoms with Gasteiger partial charge >= 0.3 is 0 Å². The number of rotatable bonds is 3. The molecule has 0 radical (unpaired) electrons. The van der Waals surface area contributed by atoms with Crippen LogP contribution in [0.25, 0.3) is 0 Å². The van der Waals surface area contributed by atoms with E-state index in [0.29, 0.717) is 11.8 Å². The monoisotopic (exact) mass is 222 g/mol. The fraction of sp³-hybridized carbons (Fsp3) is 0.714. The maximum atomic E-state index is 10.7. The van der Waals surface area contributed by atoms with Gasteiger partial charge in [0, 0.05) is 5.56 Å². The van der Waals surface area contributed by atoms with Crippen molar-refractivity contribution in [2.24, 2.45) is 11.8 Å². The van der Waals surface area contributed by atoms with Gasteiger partial charge in [-0.25, -0.2) is 0 Å². The van der Waals surface area contributed by atoms with E-state index in [0.717, 1.165) is 12.0 Å². The second-order valence-electron chi connectivity index (χ2n) is 5.22. The van der Waals surface area contributed by atoms with Crippen LogP contribution in [0.2, 0.25) is 0 Å². The lowest BCUT2D eigenvalue weighted by molar-refractivity contribution is -0.0492. The molecule has 1 saturated carbocycles. The van der Waals surface area contributed by atoms with Crippen molar-refractivity contribution in [1.29, 1.82) is 0 Å². The van der Waals surface area contributed by atoms with Crippen LogP contribution < -0.4 is 0 Å². The highest BCUT2D eigenvalue weighted by Crippen LogP contribution is 2.43. The Kier molecular flexibility index (Phi) is 3.38. The fourth-order valence-corrected chi connectivity index (χ4v) is 3.20. The predicted molar refractivity (Wildman–Crippen MR) is 64.0 cm³/mol. The van der Waals surface area contributed by atoms with E-state index in [-0.39, 0.29) is 0 Å². The van der Waals surface area contributed by atoms with Gasteiger partial charge in [-0.3, -0.25) is 0 Å². The SMILES string of the molecule is CCC1CCCCC1C(C)(O)c1ccoc1. The summed E-state index contributed by atoms with van der Waals surface area (Å²) in [5, 5.41) is 10.7. The third kappa shape index (κ3) is 2.03. The van der Waals surface area contributed by atoms with Gasteiger partial charge in [0.05, 0.1) is 18.1 Å². The quantitative estimate of drug-likeness (QED) is 0.845. The van der Waals surface area contributed by atoms with Crippen LogP contribution in [0.5, 0.6) is 0 Å². The predicted octanol–water partition coefficient (Wildman–Crippen LogP) is 3.70. The van der Waals surface area contributed by atoms with Crippen LogP contribution in [0.4, 0.5) is 0 Å². The lowest BCUT2D eigenvalue weighted by atomic mass is 9.68. The van der Waals surface area contributed by atoms with Gasteiger partial charge in [-0.2, -0.15) is 0 Å². The molecule has 1 N–H and O–H groups in total. The molecule has 90 valence electrons. The van der Waals surface area contributed by atoms with Crippen molar-refractivity contribution in [2.75, 3.05) is 0 Å². The van der Waals surface area contributed by atoms with E-state index in [2.05, 4.69) is 6.92 Å². The number of hydrogen-bond acceptors (Lipinski definition) is 2. The van der Waals surface area contributed by atoms with E-state index in [1.54, 1.807) is 12.5 Å². The van der Waals surface area contributed by atoms with Crippen molar-refractivity contribution in [3.8, 4) is 0 Å². The van der Waals surface area contributed by atoms with Crippen LogP contribution in [0.1, 0.15) is 51.5 Å². The van der Waals surface area contributed by atoms with Gasteiger partial charge in [0.2, 0.25) is 0 Å². The zero-order chi connectivity index (χ0) is 11.6. The molecule has 0 amide bonds. The molecule has 0 bridgehead atoms. The second-order valence-corrected chi connectivity index (χ2v) is 5.22. The Hall–Kier alpha value is -0.760. The minimum absolute atomic E-state index is 0.379. The molecule has 16 heavy (non-hydrogen) atoms. The first-order chi connectivity index (χ1) is 7.66. The van der Waals surface area contributed by atoms with Crippen LogP contribution in [0.3, 0.4) is 0 Å². The first-order valence-electron chi connectivity index (χ1n) is 6.41. The summed E-state index contributed by atoms with van der Waals surface area (Å²) in [5.74, 6) is 1.03. The summed E-state index contributed by atoms with van der Waals surface area (Å²) in [6.45, 7) is 4.17. The fourth-order valence-electron chi connectivity index (χ4n) is 3.20. The molecule has 2 nitrogen and oxygen atoms in total. The molecule has 1 fully saturated rings. The normalized spacial score (nSPS) is 29.9. The molecule has 1 heterocycles. The van der Waals surface area contributed by atoms with Crippen LogP contribution >= 0.6 is 0 Å². The van der Waals surface area contributed by atoms with E-state index >= 15 is 0 Å². The zero-order valence-electron chi connectivity index (χ0n) is 10.3. The molecule has 3 atom stereocenters. The summed E-state index contributed by atoms with van der Waals surface area (Å²) >= 11 is 0. The van der Waals surface area contributed by atoms with Gasteiger partial charge in [0.15, 0.2) is 0 Å². The molecule has 3 unspecified atom stereocenters. The summed E-state index contributed by atoms with van der Waals surface area (Å²) in [7, 11) is 0. The van der Waals surface area contributed by atoms with E-state index < -0.39 is 5.60 Å². The average Bonchev–Trinajstić information content (AvgIpc) is 2.83. The Morgan fingerprint density at radius 3 is 2.81 bits per heavy atom. The molecule has 0 spiro atoms. The summed E-state index contributed by atoms with van der Waals surface area (Å²) in [5.41, 5.74) is 0.200. The Labute approximate surface area is 97.7 Å². The van der Waals surface area contributed by atoms with Gasteiger partial charge < -0.3 is 9.52 Å². The molecule has 1 aromatic heterocycles. The molecular formula is C14H22O2. The summed E-state index contributed by atoms with van der Waals surface area (Å²) in [4.78, 5) is 0. The molecule has 0 saturated heterocycles. The largest absolute Gasteiger partial charge is 0.472 e. The van der Waals surface area contributed by atoms with Gasteiger partial charge in [-0.15, -0.1) is 0 Å². The highest BCUT2D eigenvalue weighted by atomic mass is 16.3. The third-order valence-electron chi connectivity index (χ3n) is 4.26. The second kappa shape index (κ2) is 4.62. The molecule has 2 rings (SSSR count). The minimum Gasteiger partial charge on any atom is -0.472 e. The molecule has 1 aliphatic carbocycles. The summed E-state index contributed by atoms with van der Waals surface area (Å²) in [6.07, 6.45) is 9.45. The smallest absolute Gasteiger partial charge is 0.0963 e. The number of aliphatic hydroxyl groups is 1. The standard InChI is InChI=1S/C14H22O2/c1-3-11-6-4-5-7-13(11)14(2,15)12-8-9-16-10-12/h8-11,13,15H,3-7H2,1-2H3. The number of hydrogen-bond donors (Lipinski definition) is 1. The van der Waals surface area contributed by atoms with E-state index in [9.17, 15) is 5.11 Å². The van der Waals surface area contributed by atoms with Gasteiger partial charge in [-0.1, -0.05) is 32.6 Å². The highest BCUT2D eigenvalue weighted by molar-refractivity contribution is 5.17. The van der Waals surface area contributed by atoms with Gasteiger partial charge in [0.25, 0.3) is 0 Å². The van der Waals surface area contributed by atoms with Crippen LogP contribution in [0, 0.1) is 11.8 Å². The lowest BCUT2D eigenvalue weighted by Crippen LogP contribution is -2.38. The van der Waals surface area contributed by atoms with Crippen molar-refractivity contribution in [2.45, 2.75) is 51.6 Å². The number of furan rings is 1. The average molecular weight is 222 g/mol. The Balaban J connectivity index is 2.21. The first kappa shape index (κ1) is 11.7. The highest BCUT2D eigenvalue weighted by Gasteiger charge is 2.39. The zero-order valence-corrected chi connectivity index (χ0v) is 10.3.